The SMILES string of the molecule is CCOc1cccc(Nc2nc(Cl)ncc2Cl)c1CS(N)(=O)=O. The van der Waals surface area contributed by atoms with Gasteiger partial charge >= 0.3 is 0 Å². The van der Waals surface area contributed by atoms with Crippen LogP contribution in [0.15, 0.2) is 24.4 Å². The highest BCUT2D eigenvalue weighted by molar-refractivity contribution is 7.88. The van der Waals surface area contributed by atoms with Crippen molar-refractivity contribution < 1.29 is 13.2 Å². The van der Waals surface area contributed by atoms with Crippen LogP contribution in [0.2, 0.25) is 10.3 Å². The molecule has 0 radical (unpaired) electrons. The van der Waals surface area contributed by atoms with E-state index in [1.165, 1.54) is 6.20 Å². The van der Waals surface area contributed by atoms with Crippen LogP contribution in [0.3, 0.4) is 0 Å². The molecule has 0 fully saturated rings. The van der Waals surface area contributed by atoms with Gasteiger partial charge in [0, 0.05) is 11.3 Å². The van der Waals surface area contributed by atoms with E-state index in [0.717, 1.165) is 0 Å². The number of nitrogens with two attached hydrogens (primary N) is 1. The van der Waals surface area contributed by atoms with Gasteiger partial charge in [-0.25, -0.2) is 18.5 Å². The van der Waals surface area contributed by atoms with Crippen molar-refractivity contribution in [2.24, 2.45) is 5.14 Å². The maximum absolute atomic E-state index is 11.5. The molecule has 2 rings (SSSR count). The summed E-state index contributed by atoms with van der Waals surface area (Å²) in [5.41, 5.74) is 0.823. The summed E-state index contributed by atoms with van der Waals surface area (Å²) in [5.74, 6) is 0.251. The Kier molecular flexibility index (Phi) is 5.64. The molecule has 0 spiro atoms. The Bertz CT molecular complexity index is 815. The molecule has 2 aromatic rings. The van der Waals surface area contributed by atoms with Crippen molar-refractivity contribution in [1.29, 1.82) is 0 Å². The zero-order valence-electron chi connectivity index (χ0n) is 12.1. The monoisotopic (exact) mass is 376 g/mol. The number of ether oxygens (including phenoxy) is 1. The second-order valence-corrected chi connectivity index (χ2v) is 6.84. The molecular weight excluding hydrogens is 363 g/mol. The smallest absolute Gasteiger partial charge is 0.224 e. The van der Waals surface area contributed by atoms with E-state index in [2.05, 4.69) is 15.3 Å². The van der Waals surface area contributed by atoms with E-state index < -0.39 is 15.8 Å². The van der Waals surface area contributed by atoms with E-state index in [0.29, 0.717) is 23.6 Å². The van der Waals surface area contributed by atoms with Crippen molar-refractivity contribution in [1.82, 2.24) is 9.97 Å². The Hall–Kier alpha value is -1.61. The van der Waals surface area contributed by atoms with Crippen molar-refractivity contribution in [3.8, 4) is 5.75 Å². The van der Waals surface area contributed by atoms with Crippen LogP contribution in [0.1, 0.15) is 12.5 Å². The van der Waals surface area contributed by atoms with Gasteiger partial charge in [0.05, 0.1) is 18.6 Å². The summed E-state index contributed by atoms with van der Waals surface area (Å²) in [4.78, 5) is 7.72. The number of anilines is 2. The molecule has 0 amide bonds. The minimum atomic E-state index is -3.76. The fraction of sp³-hybridized carbons (Fsp3) is 0.231. The first-order valence-corrected chi connectivity index (χ1v) is 8.97. The van der Waals surface area contributed by atoms with E-state index in [-0.39, 0.29) is 16.1 Å². The minimum Gasteiger partial charge on any atom is -0.493 e. The van der Waals surface area contributed by atoms with Crippen LogP contribution in [-0.2, 0) is 15.8 Å². The number of rotatable bonds is 6. The molecule has 1 aromatic carbocycles. The predicted molar refractivity (Wildman–Crippen MR) is 89.8 cm³/mol. The summed E-state index contributed by atoms with van der Waals surface area (Å²) in [6.07, 6.45) is 1.34. The lowest BCUT2D eigenvalue weighted by atomic mass is 10.1. The van der Waals surface area contributed by atoms with Crippen molar-refractivity contribution in [3.05, 3.63) is 40.3 Å². The first kappa shape index (κ1) is 17.7. The number of sulfonamides is 1. The molecule has 1 heterocycles. The van der Waals surface area contributed by atoms with E-state index >= 15 is 0 Å². The van der Waals surface area contributed by atoms with Gasteiger partial charge in [-0.1, -0.05) is 17.7 Å². The zero-order chi connectivity index (χ0) is 17.0. The lowest BCUT2D eigenvalue weighted by Gasteiger charge is -2.16. The molecule has 0 bridgehead atoms. The van der Waals surface area contributed by atoms with Gasteiger partial charge in [-0.3, -0.25) is 0 Å². The minimum absolute atomic E-state index is 0.00543. The number of nitrogens with one attached hydrogen (secondary N) is 1. The van der Waals surface area contributed by atoms with Gasteiger partial charge in [0.15, 0.2) is 5.82 Å². The van der Waals surface area contributed by atoms with E-state index in [1.54, 1.807) is 25.1 Å². The largest absolute Gasteiger partial charge is 0.493 e. The van der Waals surface area contributed by atoms with E-state index in [4.69, 9.17) is 33.1 Å². The summed E-state index contributed by atoms with van der Waals surface area (Å²) < 4.78 is 28.5. The van der Waals surface area contributed by atoms with Crippen molar-refractivity contribution >= 4 is 44.7 Å². The molecule has 10 heteroatoms. The van der Waals surface area contributed by atoms with Crippen LogP contribution < -0.4 is 15.2 Å². The van der Waals surface area contributed by atoms with Gasteiger partial charge in [-0.2, -0.15) is 4.98 Å². The first-order chi connectivity index (χ1) is 10.8. The third-order valence-corrected chi connectivity index (χ3v) is 3.90. The highest BCUT2D eigenvalue weighted by Gasteiger charge is 2.17. The van der Waals surface area contributed by atoms with Crippen molar-refractivity contribution in [2.75, 3.05) is 11.9 Å². The Balaban J connectivity index is 2.48. The molecule has 0 saturated carbocycles. The molecule has 0 atom stereocenters. The second kappa shape index (κ2) is 7.31. The summed E-state index contributed by atoms with van der Waals surface area (Å²) >= 11 is 11.8. The van der Waals surface area contributed by atoms with Crippen molar-refractivity contribution in [2.45, 2.75) is 12.7 Å². The van der Waals surface area contributed by atoms with Gasteiger partial charge in [-0.15, -0.1) is 0 Å². The van der Waals surface area contributed by atoms with E-state index in [1.807, 2.05) is 0 Å². The molecule has 1 aromatic heterocycles. The number of benzene rings is 1. The number of hydrogen-bond acceptors (Lipinski definition) is 6. The summed E-state index contributed by atoms with van der Waals surface area (Å²) in [6, 6.07) is 5.02. The Labute approximate surface area is 143 Å². The first-order valence-electron chi connectivity index (χ1n) is 6.50. The normalized spacial score (nSPS) is 11.3. The van der Waals surface area contributed by atoms with Crippen LogP contribution in [0.4, 0.5) is 11.5 Å². The van der Waals surface area contributed by atoms with Gasteiger partial charge in [0.2, 0.25) is 15.3 Å². The van der Waals surface area contributed by atoms with Gasteiger partial charge in [-0.05, 0) is 30.7 Å². The Morgan fingerprint density at radius 2 is 2.09 bits per heavy atom. The zero-order valence-corrected chi connectivity index (χ0v) is 14.4. The summed E-state index contributed by atoms with van der Waals surface area (Å²) in [5, 5.41) is 8.34. The quantitative estimate of drug-likeness (QED) is 0.750. The van der Waals surface area contributed by atoms with Crippen molar-refractivity contribution in [3.63, 3.8) is 0 Å². The van der Waals surface area contributed by atoms with Gasteiger partial charge < -0.3 is 10.1 Å². The van der Waals surface area contributed by atoms with Crippen LogP contribution in [0.25, 0.3) is 0 Å². The number of aromatic nitrogens is 2. The molecule has 124 valence electrons. The molecule has 0 aliphatic carbocycles. The highest BCUT2D eigenvalue weighted by Crippen LogP contribution is 2.32. The van der Waals surface area contributed by atoms with Crippen LogP contribution in [0.5, 0.6) is 5.75 Å². The third kappa shape index (κ3) is 4.93. The molecular formula is C13H14Cl2N4O3S. The lowest BCUT2D eigenvalue weighted by molar-refractivity contribution is 0.337. The van der Waals surface area contributed by atoms with Crippen LogP contribution in [0, 0.1) is 0 Å². The average molecular weight is 377 g/mol. The fourth-order valence-corrected chi connectivity index (χ4v) is 2.86. The average Bonchev–Trinajstić information content (AvgIpc) is 2.45. The number of nitrogens with zero attached hydrogens (tertiary/aromatic N) is 2. The summed E-state index contributed by atoms with van der Waals surface area (Å²) in [7, 11) is -3.76. The topological polar surface area (TPSA) is 107 Å². The number of halogens is 2. The van der Waals surface area contributed by atoms with Crippen LogP contribution >= 0.6 is 23.2 Å². The summed E-state index contributed by atoms with van der Waals surface area (Å²) in [6.45, 7) is 2.17. The maximum Gasteiger partial charge on any atom is 0.224 e. The predicted octanol–water partition coefficient (Wildman–Crippen LogP) is 2.71. The van der Waals surface area contributed by atoms with Gasteiger partial charge in [0.1, 0.15) is 10.8 Å². The molecule has 0 aliphatic heterocycles. The van der Waals surface area contributed by atoms with Gasteiger partial charge in [0.25, 0.3) is 0 Å². The Morgan fingerprint density at radius 1 is 1.35 bits per heavy atom. The standard InChI is InChI=1S/C13H14Cl2N4O3S/c1-2-22-11-5-3-4-10(8(11)7-23(16,20)21)18-12-9(14)6-17-13(15)19-12/h3-6H,2,7H2,1H3,(H2,16,20,21)(H,17,18,19). The van der Waals surface area contributed by atoms with E-state index in [9.17, 15) is 8.42 Å². The van der Waals surface area contributed by atoms with Crippen LogP contribution in [-0.4, -0.2) is 25.0 Å². The molecule has 0 aliphatic rings. The molecule has 0 saturated heterocycles. The fourth-order valence-electron chi connectivity index (χ4n) is 1.88. The third-order valence-electron chi connectivity index (χ3n) is 2.75. The second-order valence-electron chi connectivity index (χ2n) is 4.48. The molecule has 23 heavy (non-hydrogen) atoms. The highest BCUT2D eigenvalue weighted by atomic mass is 35.5. The lowest BCUT2D eigenvalue weighted by Crippen LogP contribution is -2.16. The number of hydrogen-bond donors (Lipinski definition) is 2. The molecule has 3 N–H and O–H groups in total. The number of primary sulfonamides is 1. The maximum atomic E-state index is 11.5. The Morgan fingerprint density at radius 3 is 2.74 bits per heavy atom. The molecule has 7 nitrogen and oxygen atoms in total. The molecule has 0 unspecified atom stereocenters.